The van der Waals surface area contributed by atoms with E-state index in [1.165, 1.54) is 12.1 Å². The van der Waals surface area contributed by atoms with Crippen molar-refractivity contribution in [2.75, 3.05) is 20.2 Å². The molecule has 0 aromatic heterocycles. The van der Waals surface area contributed by atoms with Crippen molar-refractivity contribution in [3.63, 3.8) is 0 Å². The van der Waals surface area contributed by atoms with Gasteiger partial charge in [0.2, 0.25) is 0 Å². The van der Waals surface area contributed by atoms with E-state index in [0.29, 0.717) is 12.4 Å². The molecule has 0 saturated heterocycles. The highest BCUT2D eigenvalue weighted by atomic mass is 16.6. The van der Waals surface area contributed by atoms with Crippen molar-refractivity contribution < 1.29 is 9.66 Å². The molecule has 0 aliphatic rings. The summed E-state index contributed by atoms with van der Waals surface area (Å²) in [5.74, 6) is 0.664. The van der Waals surface area contributed by atoms with Gasteiger partial charge >= 0.3 is 0 Å². The Hall–Kier alpha value is -1.62. The molecule has 0 fully saturated rings. The van der Waals surface area contributed by atoms with Crippen molar-refractivity contribution in [1.29, 1.82) is 0 Å². The Labute approximate surface area is 88.2 Å². The lowest BCUT2D eigenvalue weighted by Gasteiger charge is -2.04. The molecule has 1 N–H and O–H groups in total. The van der Waals surface area contributed by atoms with E-state index in [0.717, 1.165) is 13.0 Å². The van der Waals surface area contributed by atoms with Gasteiger partial charge in [0.25, 0.3) is 5.69 Å². The number of benzene rings is 1. The van der Waals surface area contributed by atoms with E-state index in [9.17, 15) is 10.1 Å². The van der Waals surface area contributed by atoms with E-state index in [4.69, 9.17) is 4.74 Å². The lowest BCUT2D eigenvalue weighted by Crippen LogP contribution is -2.11. The van der Waals surface area contributed by atoms with Gasteiger partial charge in [0.15, 0.2) is 0 Å². The van der Waals surface area contributed by atoms with E-state index in [2.05, 4.69) is 5.32 Å². The van der Waals surface area contributed by atoms with Crippen LogP contribution in [-0.4, -0.2) is 25.1 Å². The predicted octanol–water partition coefficient (Wildman–Crippen LogP) is 1.58. The SMILES string of the molecule is CNCCCOc1ccc([N+](=O)[O-])cc1. The first-order valence-electron chi connectivity index (χ1n) is 4.76. The van der Waals surface area contributed by atoms with E-state index in [-0.39, 0.29) is 5.69 Å². The molecule has 1 rings (SSSR count). The third-order valence-corrected chi connectivity index (χ3v) is 1.89. The van der Waals surface area contributed by atoms with E-state index in [1.807, 2.05) is 7.05 Å². The van der Waals surface area contributed by atoms with Gasteiger partial charge in [-0.1, -0.05) is 0 Å². The van der Waals surface area contributed by atoms with Gasteiger partial charge in [-0.2, -0.15) is 0 Å². The zero-order valence-corrected chi connectivity index (χ0v) is 8.60. The summed E-state index contributed by atoms with van der Waals surface area (Å²) in [6.07, 6.45) is 0.910. The van der Waals surface area contributed by atoms with Crippen LogP contribution >= 0.6 is 0 Å². The van der Waals surface area contributed by atoms with Crippen molar-refractivity contribution >= 4 is 5.69 Å². The van der Waals surface area contributed by atoms with Crippen molar-refractivity contribution in [3.8, 4) is 5.75 Å². The molecule has 0 atom stereocenters. The van der Waals surface area contributed by atoms with Gasteiger partial charge in [0, 0.05) is 12.1 Å². The second kappa shape index (κ2) is 5.98. The number of nitrogens with zero attached hydrogens (tertiary/aromatic N) is 1. The van der Waals surface area contributed by atoms with Crippen LogP contribution < -0.4 is 10.1 Å². The van der Waals surface area contributed by atoms with E-state index in [1.54, 1.807) is 12.1 Å². The van der Waals surface area contributed by atoms with Crippen LogP contribution in [0.2, 0.25) is 0 Å². The summed E-state index contributed by atoms with van der Waals surface area (Å²) in [5, 5.41) is 13.4. The van der Waals surface area contributed by atoms with Crippen LogP contribution in [0.15, 0.2) is 24.3 Å². The molecule has 0 saturated carbocycles. The molecule has 0 aliphatic heterocycles. The highest BCUT2D eigenvalue weighted by Gasteiger charge is 2.03. The Morgan fingerprint density at radius 3 is 2.60 bits per heavy atom. The number of hydrogen-bond acceptors (Lipinski definition) is 4. The van der Waals surface area contributed by atoms with Gasteiger partial charge < -0.3 is 10.1 Å². The zero-order chi connectivity index (χ0) is 11.1. The molecular weight excluding hydrogens is 196 g/mol. The smallest absolute Gasteiger partial charge is 0.269 e. The number of ether oxygens (including phenoxy) is 1. The van der Waals surface area contributed by atoms with Crippen LogP contribution in [0.4, 0.5) is 5.69 Å². The summed E-state index contributed by atoms with van der Waals surface area (Å²) in [4.78, 5) is 9.94. The molecule has 0 unspecified atom stereocenters. The lowest BCUT2D eigenvalue weighted by atomic mass is 10.3. The number of nitro benzene ring substituents is 1. The molecule has 0 amide bonds. The topological polar surface area (TPSA) is 64.4 Å². The average molecular weight is 210 g/mol. The lowest BCUT2D eigenvalue weighted by molar-refractivity contribution is -0.384. The molecule has 5 heteroatoms. The first-order valence-corrected chi connectivity index (χ1v) is 4.76. The maximum absolute atomic E-state index is 10.4. The number of hydrogen-bond donors (Lipinski definition) is 1. The Bertz CT molecular complexity index is 311. The second-order valence-corrected chi connectivity index (χ2v) is 3.06. The predicted molar refractivity (Wildman–Crippen MR) is 57.1 cm³/mol. The maximum Gasteiger partial charge on any atom is 0.269 e. The molecule has 0 heterocycles. The maximum atomic E-state index is 10.4. The van der Waals surface area contributed by atoms with Gasteiger partial charge in [-0.25, -0.2) is 0 Å². The Morgan fingerprint density at radius 2 is 2.07 bits per heavy atom. The first kappa shape index (κ1) is 11.5. The fourth-order valence-electron chi connectivity index (χ4n) is 1.10. The van der Waals surface area contributed by atoms with Crippen molar-refractivity contribution in [3.05, 3.63) is 34.4 Å². The van der Waals surface area contributed by atoms with Crippen LogP contribution in [0.3, 0.4) is 0 Å². The van der Waals surface area contributed by atoms with Crippen molar-refractivity contribution in [1.82, 2.24) is 5.32 Å². The number of nitro groups is 1. The summed E-state index contributed by atoms with van der Waals surface area (Å²) in [6.45, 7) is 1.51. The van der Waals surface area contributed by atoms with Gasteiger partial charge in [-0.3, -0.25) is 10.1 Å². The standard InChI is InChI=1S/C10H14N2O3/c1-11-7-2-8-15-10-5-3-9(4-6-10)12(13)14/h3-6,11H,2,7-8H2,1H3. The van der Waals surface area contributed by atoms with Gasteiger partial charge in [-0.05, 0) is 32.1 Å². The normalized spacial score (nSPS) is 9.93. The fraction of sp³-hybridized carbons (Fsp3) is 0.400. The molecular formula is C10H14N2O3. The van der Waals surface area contributed by atoms with Crippen LogP contribution in [0.1, 0.15) is 6.42 Å². The summed E-state index contributed by atoms with van der Waals surface area (Å²) in [5.41, 5.74) is 0.0811. The third kappa shape index (κ3) is 3.95. The van der Waals surface area contributed by atoms with Gasteiger partial charge in [0.1, 0.15) is 5.75 Å². The molecule has 0 aliphatic carbocycles. The number of non-ortho nitro benzene ring substituents is 1. The minimum absolute atomic E-state index is 0.0811. The zero-order valence-electron chi connectivity index (χ0n) is 8.60. The Morgan fingerprint density at radius 1 is 1.40 bits per heavy atom. The third-order valence-electron chi connectivity index (χ3n) is 1.89. The van der Waals surface area contributed by atoms with Gasteiger partial charge in [0.05, 0.1) is 11.5 Å². The molecule has 1 aromatic rings. The summed E-state index contributed by atoms with van der Waals surface area (Å²) in [6, 6.07) is 6.09. The summed E-state index contributed by atoms with van der Waals surface area (Å²) >= 11 is 0. The summed E-state index contributed by atoms with van der Waals surface area (Å²) in [7, 11) is 1.88. The number of nitrogens with one attached hydrogen (secondary N) is 1. The van der Waals surface area contributed by atoms with Crippen LogP contribution in [0, 0.1) is 10.1 Å². The molecule has 15 heavy (non-hydrogen) atoms. The molecule has 0 bridgehead atoms. The minimum atomic E-state index is -0.426. The highest BCUT2D eigenvalue weighted by molar-refractivity contribution is 5.35. The minimum Gasteiger partial charge on any atom is -0.494 e. The molecule has 1 aromatic carbocycles. The molecule has 0 spiro atoms. The number of rotatable bonds is 6. The average Bonchev–Trinajstić information content (AvgIpc) is 2.25. The fourth-order valence-corrected chi connectivity index (χ4v) is 1.10. The largest absolute Gasteiger partial charge is 0.494 e. The Kier molecular flexibility index (Phi) is 4.56. The van der Waals surface area contributed by atoms with Crippen LogP contribution in [0.5, 0.6) is 5.75 Å². The summed E-state index contributed by atoms with van der Waals surface area (Å²) < 4.78 is 5.38. The second-order valence-electron chi connectivity index (χ2n) is 3.06. The Balaban J connectivity index is 2.39. The van der Waals surface area contributed by atoms with Gasteiger partial charge in [-0.15, -0.1) is 0 Å². The van der Waals surface area contributed by atoms with E-state index >= 15 is 0 Å². The van der Waals surface area contributed by atoms with Crippen LogP contribution in [-0.2, 0) is 0 Å². The van der Waals surface area contributed by atoms with E-state index < -0.39 is 4.92 Å². The van der Waals surface area contributed by atoms with Crippen molar-refractivity contribution in [2.45, 2.75) is 6.42 Å². The van der Waals surface area contributed by atoms with Crippen LogP contribution in [0.25, 0.3) is 0 Å². The molecule has 0 radical (unpaired) electrons. The quantitative estimate of drug-likeness (QED) is 0.440. The van der Waals surface area contributed by atoms with Crippen molar-refractivity contribution in [2.24, 2.45) is 0 Å². The molecule has 82 valence electrons. The highest BCUT2D eigenvalue weighted by Crippen LogP contribution is 2.17. The molecule has 5 nitrogen and oxygen atoms in total. The monoisotopic (exact) mass is 210 g/mol. The first-order chi connectivity index (χ1) is 7.24.